The van der Waals surface area contributed by atoms with Crippen molar-refractivity contribution in [1.82, 2.24) is 10.3 Å². The summed E-state index contributed by atoms with van der Waals surface area (Å²) >= 11 is 0. The van der Waals surface area contributed by atoms with Crippen LogP contribution in [0.2, 0.25) is 0 Å². The van der Waals surface area contributed by atoms with Gasteiger partial charge in [-0.25, -0.2) is 0 Å². The molecule has 0 spiro atoms. The summed E-state index contributed by atoms with van der Waals surface area (Å²) in [6.45, 7) is 6.15. The normalized spacial score (nSPS) is 11.8. The van der Waals surface area contributed by atoms with Crippen LogP contribution in [-0.4, -0.2) is 16.9 Å². The molecule has 1 aromatic heterocycles. The molecule has 1 amide bonds. The van der Waals surface area contributed by atoms with Crippen LogP contribution in [0.1, 0.15) is 26.5 Å². The fourth-order valence-corrected chi connectivity index (χ4v) is 1.18. The van der Waals surface area contributed by atoms with Gasteiger partial charge < -0.3 is 11.1 Å². The molecule has 0 aromatic carbocycles. The van der Waals surface area contributed by atoms with Crippen LogP contribution in [0.25, 0.3) is 0 Å². The zero-order chi connectivity index (χ0) is 12.1. The zero-order valence-electron chi connectivity index (χ0n) is 10.4. The minimum atomic E-state index is -0.00142. The fourth-order valence-electron chi connectivity index (χ4n) is 1.18. The summed E-state index contributed by atoms with van der Waals surface area (Å²) in [6.07, 6.45) is 1.87. The summed E-state index contributed by atoms with van der Waals surface area (Å²) in [5.74, 6) is 0.432. The van der Waals surface area contributed by atoms with Gasteiger partial charge in [-0.3, -0.25) is 9.78 Å². The second-order valence-electron chi connectivity index (χ2n) is 4.36. The van der Waals surface area contributed by atoms with Crippen LogP contribution in [0.15, 0.2) is 18.3 Å². The quantitative estimate of drug-likeness (QED) is 0.864. The Balaban J connectivity index is 0.00000256. The molecule has 0 saturated carbocycles. The molecule has 0 saturated heterocycles. The SMILES string of the molecule is CC(C)C(C)NC(=O)Cc1ccc(N)cn1.Cl. The summed E-state index contributed by atoms with van der Waals surface area (Å²) in [4.78, 5) is 15.7. The number of aromatic nitrogens is 1. The van der Waals surface area contributed by atoms with E-state index >= 15 is 0 Å². The zero-order valence-corrected chi connectivity index (χ0v) is 11.3. The molecular weight excluding hydrogens is 238 g/mol. The molecule has 1 heterocycles. The molecular formula is C12H20ClN3O. The highest BCUT2D eigenvalue weighted by Gasteiger charge is 2.11. The number of nitrogens with two attached hydrogens (primary N) is 1. The topological polar surface area (TPSA) is 68.0 Å². The van der Waals surface area contributed by atoms with Gasteiger partial charge in [0.1, 0.15) is 0 Å². The van der Waals surface area contributed by atoms with E-state index in [0.717, 1.165) is 5.69 Å². The van der Waals surface area contributed by atoms with Crippen molar-refractivity contribution < 1.29 is 4.79 Å². The van der Waals surface area contributed by atoms with Crippen LogP contribution in [-0.2, 0) is 11.2 Å². The van der Waals surface area contributed by atoms with Crippen LogP contribution in [0.4, 0.5) is 5.69 Å². The Morgan fingerprint density at radius 2 is 2.06 bits per heavy atom. The number of hydrogen-bond acceptors (Lipinski definition) is 3. The van der Waals surface area contributed by atoms with Crippen molar-refractivity contribution in [1.29, 1.82) is 0 Å². The van der Waals surface area contributed by atoms with Gasteiger partial charge >= 0.3 is 0 Å². The van der Waals surface area contributed by atoms with Crippen LogP contribution in [0.3, 0.4) is 0 Å². The van der Waals surface area contributed by atoms with Crippen LogP contribution >= 0.6 is 12.4 Å². The van der Waals surface area contributed by atoms with Gasteiger partial charge in [-0.2, -0.15) is 0 Å². The summed E-state index contributed by atoms with van der Waals surface area (Å²) < 4.78 is 0. The Hall–Kier alpha value is -1.29. The standard InChI is InChI=1S/C12H19N3O.ClH/c1-8(2)9(3)15-12(16)6-11-5-4-10(13)7-14-11;/h4-5,7-9H,6,13H2,1-3H3,(H,15,16);1H. The Morgan fingerprint density at radius 3 is 2.53 bits per heavy atom. The molecule has 1 aromatic rings. The number of hydrogen-bond donors (Lipinski definition) is 2. The van der Waals surface area contributed by atoms with Crippen molar-refractivity contribution in [3.8, 4) is 0 Å². The molecule has 0 aliphatic carbocycles. The number of nitrogens with one attached hydrogen (secondary N) is 1. The number of carbonyl (C=O) groups is 1. The maximum Gasteiger partial charge on any atom is 0.226 e. The van der Waals surface area contributed by atoms with E-state index in [9.17, 15) is 4.79 Å². The number of anilines is 1. The van der Waals surface area contributed by atoms with E-state index < -0.39 is 0 Å². The largest absolute Gasteiger partial charge is 0.397 e. The summed E-state index contributed by atoms with van der Waals surface area (Å²) in [7, 11) is 0. The molecule has 1 unspecified atom stereocenters. The monoisotopic (exact) mass is 257 g/mol. The maximum atomic E-state index is 11.6. The summed E-state index contributed by atoms with van der Waals surface area (Å²) in [5.41, 5.74) is 6.86. The third kappa shape index (κ3) is 5.54. The van der Waals surface area contributed by atoms with Crippen LogP contribution < -0.4 is 11.1 Å². The van der Waals surface area contributed by atoms with Gasteiger partial charge in [-0.05, 0) is 25.0 Å². The molecule has 96 valence electrons. The second kappa shape index (κ2) is 7.12. The van der Waals surface area contributed by atoms with E-state index in [4.69, 9.17) is 5.73 Å². The Morgan fingerprint density at radius 1 is 1.41 bits per heavy atom. The number of amides is 1. The van der Waals surface area contributed by atoms with Gasteiger partial charge in [0.15, 0.2) is 0 Å². The molecule has 0 bridgehead atoms. The van der Waals surface area contributed by atoms with Crippen molar-refractivity contribution in [2.45, 2.75) is 33.2 Å². The third-order valence-corrected chi connectivity index (χ3v) is 2.58. The lowest BCUT2D eigenvalue weighted by Crippen LogP contribution is -2.37. The molecule has 1 atom stereocenters. The van der Waals surface area contributed by atoms with Crippen LogP contribution in [0, 0.1) is 5.92 Å². The molecule has 4 nitrogen and oxygen atoms in total. The van der Waals surface area contributed by atoms with E-state index in [1.54, 1.807) is 18.3 Å². The highest BCUT2D eigenvalue weighted by atomic mass is 35.5. The number of nitrogen functional groups attached to an aromatic ring is 1. The highest BCUT2D eigenvalue weighted by molar-refractivity contribution is 5.85. The van der Waals surface area contributed by atoms with Crippen molar-refractivity contribution in [3.05, 3.63) is 24.0 Å². The molecule has 0 fully saturated rings. The van der Waals surface area contributed by atoms with E-state index in [-0.39, 0.29) is 24.4 Å². The van der Waals surface area contributed by atoms with Crippen molar-refractivity contribution >= 4 is 24.0 Å². The first-order valence-electron chi connectivity index (χ1n) is 5.49. The van der Waals surface area contributed by atoms with Crippen molar-refractivity contribution in [2.75, 3.05) is 5.73 Å². The first-order valence-corrected chi connectivity index (χ1v) is 5.49. The predicted octanol–water partition coefficient (Wildman–Crippen LogP) is 1.79. The van der Waals surface area contributed by atoms with Gasteiger partial charge in [0.25, 0.3) is 0 Å². The Labute approximate surface area is 108 Å². The molecule has 1 rings (SSSR count). The van der Waals surface area contributed by atoms with Gasteiger partial charge in [-0.15, -0.1) is 12.4 Å². The first-order chi connectivity index (χ1) is 7.49. The maximum absolute atomic E-state index is 11.6. The number of carbonyl (C=O) groups excluding carboxylic acids is 1. The fraction of sp³-hybridized carbons (Fsp3) is 0.500. The first kappa shape index (κ1) is 15.7. The third-order valence-electron chi connectivity index (χ3n) is 2.58. The Kier molecular flexibility index (Phi) is 6.58. The van der Waals surface area contributed by atoms with Gasteiger partial charge in [-0.1, -0.05) is 13.8 Å². The van der Waals surface area contributed by atoms with Gasteiger partial charge in [0, 0.05) is 11.7 Å². The van der Waals surface area contributed by atoms with E-state index in [2.05, 4.69) is 24.1 Å². The molecule has 0 aliphatic rings. The van der Waals surface area contributed by atoms with E-state index in [0.29, 0.717) is 18.0 Å². The molecule has 3 N–H and O–H groups in total. The van der Waals surface area contributed by atoms with Crippen molar-refractivity contribution in [3.63, 3.8) is 0 Å². The smallest absolute Gasteiger partial charge is 0.226 e. The summed E-state index contributed by atoms with van der Waals surface area (Å²) in [6, 6.07) is 3.71. The van der Waals surface area contributed by atoms with Gasteiger partial charge in [0.2, 0.25) is 5.91 Å². The highest BCUT2D eigenvalue weighted by Crippen LogP contribution is 2.03. The van der Waals surface area contributed by atoms with E-state index in [1.807, 2.05) is 6.92 Å². The minimum Gasteiger partial charge on any atom is -0.397 e. The molecule has 17 heavy (non-hydrogen) atoms. The second-order valence-corrected chi connectivity index (χ2v) is 4.36. The lowest BCUT2D eigenvalue weighted by Gasteiger charge is -2.17. The minimum absolute atomic E-state index is 0. The average molecular weight is 258 g/mol. The van der Waals surface area contributed by atoms with E-state index in [1.165, 1.54) is 0 Å². The molecule has 5 heteroatoms. The predicted molar refractivity (Wildman–Crippen MR) is 72.0 cm³/mol. The average Bonchev–Trinajstić information content (AvgIpc) is 2.21. The number of rotatable bonds is 4. The molecule has 0 radical (unpaired) electrons. The number of nitrogens with zero attached hydrogens (tertiary/aromatic N) is 1. The Bertz CT molecular complexity index is 351. The lowest BCUT2D eigenvalue weighted by molar-refractivity contribution is -0.121. The van der Waals surface area contributed by atoms with Gasteiger partial charge in [0.05, 0.1) is 18.3 Å². The lowest BCUT2D eigenvalue weighted by atomic mass is 10.1. The number of pyridine rings is 1. The van der Waals surface area contributed by atoms with Crippen LogP contribution in [0.5, 0.6) is 0 Å². The molecule has 0 aliphatic heterocycles. The van der Waals surface area contributed by atoms with Crippen molar-refractivity contribution in [2.24, 2.45) is 5.92 Å². The number of halogens is 1. The summed E-state index contributed by atoms with van der Waals surface area (Å²) in [5, 5.41) is 2.93.